The second-order valence-corrected chi connectivity index (χ2v) is 6.89. The highest BCUT2D eigenvalue weighted by atomic mass is 32.1. The van der Waals surface area contributed by atoms with Crippen molar-refractivity contribution in [2.45, 2.75) is 13.0 Å². The molecule has 132 valence electrons. The minimum absolute atomic E-state index is 0.169. The molecule has 0 aliphatic carbocycles. The highest BCUT2D eigenvalue weighted by Gasteiger charge is 2.18. The van der Waals surface area contributed by atoms with Crippen LogP contribution in [0, 0.1) is 5.82 Å². The summed E-state index contributed by atoms with van der Waals surface area (Å²) in [6.45, 7) is 1.91. The number of imidazole rings is 1. The Balaban J connectivity index is 1.61. The molecule has 1 aromatic carbocycles. The van der Waals surface area contributed by atoms with Gasteiger partial charge in [-0.1, -0.05) is 12.1 Å². The Bertz CT molecular complexity index is 1100. The van der Waals surface area contributed by atoms with E-state index in [1.165, 1.54) is 23.5 Å². The van der Waals surface area contributed by atoms with E-state index in [4.69, 9.17) is 0 Å². The number of carbonyl (C=O) groups is 1. The van der Waals surface area contributed by atoms with Crippen molar-refractivity contribution in [2.75, 3.05) is 0 Å². The fourth-order valence-electron chi connectivity index (χ4n) is 2.75. The zero-order chi connectivity index (χ0) is 18.3. The first-order valence-corrected chi connectivity index (χ1v) is 8.91. The molecule has 3 heterocycles. The Morgan fingerprint density at radius 3 is 2.92 bits per heavy atom. The molecule has 26 heavy (non-hydrogen) atoms. The van der Waals surface area contributed by atoms with Gasteiger partial charge < -0.3 is 5.32 Å². The number of carbonyl (C=O) groups excluding carboxylic acids is 1. The first-order chi connectivity index (χ1) is 12.5. The maximum Gasteiger partial charge on any atom is 0.269 e. The van der Waals surface area contributed by atoms with Crippen molar-refractivity contribution in [1.29, 1.82) is 0 Å². The molecule has 4 aromatic rings. The Kier molecular flexibility index (Phi) is 4.04. The molecule has 0 radical (unpaired) electrons. The van der Waals surface area contributed by atoms with Crippen LogP contribution in [0.15, 0.2) is 48.2 Å². The molecule has 1 atom stereocenters. The van der Waals surface area contributed by atoms with Gasteiger partial charge in [0.2, 0.25) is 0 Å². The molecule has 3 aromatic heterocycles. The van der Waals surface area contributed by atoms with Gasteiger partial charge in [0.1, 0.15) is 11.5 Å². The van der Waals surface area contributed by atoms with Gasteiger partial charge >= 0.3 is 0 Å². The van der Waals surface area contributed by atoms with E-state index < -0.39 is 0 Å². The predicted octanol–water partition coefficient (Wildman–Crippen LogP) is 3.43. The number of aryl methyl sites for hydroxylation is 1. The van der Waals surface area contributed by atoms with Gasteiger partial charge in [0.15, 0.2) is 4.96 Å². The Labute approximate surface area is 152 Å². The van der Waals surface area contributed by atoms with Crippen LogP contribution in [0.1, 0.15) is 29.0 Å². The van der Waals surface area contributed by atoms with E-state index in [1.807, 2.05) is 20.2 Å². The molecule has 8 heteroatoms. The van der Waals surface area contributed by atoms with E-state index >= 15 is 0 Å². The van der Waals surface area contributed by atoms with Gasteiger partial charge in [-0.15, -0.1) is 11.3 Å². The van der Waals surface area contributed by atoms with E-state index in [2.05, 4.69) is 15.4 Å². The molecule has 4 rings (SSSR count). The second-order valence-electron chi connectivity index (χ2n) is 6.05. The maximum atomic E-state index is 13.4. The van der Waals surface area contributed by atoms with E-state index in [0.29, 0.717) is 21.9 Å². The summed E-state index contributed by atoms with van der Waals surface area (Å²) in [6.07, 6.45) is 5.35. The summed E-state index contributed by atoms with van der Waals surface area (Å²) in [5.74, 6) is -0.516. The summed E-state index contributed by atoms with van der Waals surface area (Å²) in [5, 5.41) is 8.86. The van der Waals surface area contributed by atoms with Gasteiger partial charge in [0.25, 0.3) is 5.91 Å². The average Bonchev–Trinajstić information content (AvgIpc) is 3.29. The highest BCUT2D eigenvalue weighted by Crippen LogP contribution is 2.24. The lowest BCUT2D eigenvalue weighted by atomic mass is 10.2. The van der Waals surface area contributed by atoms with Gasteiger partial charge in [-0.2, -0.15) is 5.10 Å². The number of aromatic nitrogens is 4. The van der Waals surface area contributed by atoms with E-state index in [1.54, 1.807) is 39.0 Å². The fourth-order valence-corrected chi connectivity index (χ4v) is 3.61. The first kappa shape index (κ1) is 16.5. The number of hydrogen-bond donors (Lipinski definition) is 1. The maximum absolute atomic E-state index is 13.4. The number of nitrogens with zero attached hydrogens (tertiary/aromatic N) is 4. The van der Waals surface area contributed by atoms with E-state index in [0.717, 1.165) is 5.56 Å². The number of hydrogen-bond acceptors (Lipinski definition) is 4. The van der Waals surface area contributed by atoms with Gasteiger partial charge in [0, 0.05) is 35.9 Å². The molecule has 0 saturated carbocycles. The lowest BCUT2D eigenvalue weighted by Gasteiger charge is -2.11. The topological polar surface area (TPSA) is 64.2 Å². The van der Waals surface area contributed by atoms with Crippen LogP contribution >= 0.6 is 11.3 Å². The molecule has 0 aliphatic rings. The van der Waals surface area contributed by atoms with Crippen molar-refractivity contribution in [3.05, 3.63) is 65.3 Å². The Morgan fingerprint density at radius 1 is 1.35 bits per heavy atom. The lowest BCUT2D eigenvalue weighted by molar-refractivity contribution is 0.0934. The largest absolute Gasteiger partial charge is 0.344 e. The summed E-state index contributed by atoms with van der Waals surface area (Å²) in [5.41, 5.74) is 2.73. The van der Waals surface area contributed by atoms with Crippen molar-refractivity contribution < 1.29 is 9.18 Å². The smallest absolute Gasteiger partial charge is 0.269 e. The number of rotatable bonds is 4. The average molecular weight is 369 g/mol. The highest BCUT2D eigenvalue weighted by molar-refractivity contribution is 7.15. The molecule has 6 nitrogen and oxygen atoms in total. The normalized spacial score (nSPS) is 12.4. The van der Waals surface area contributed by atoms with Gasteiger partial charge in [-0.25, -0.2) is 9.37 Å². The van der Waals surface area contributed by atoms with Crippen LogP contribution in [0.3, 0.4) is 0 Å². The summed E-state index contributed by atoms with van der Waals surface area (Å²) in [7, 11) is 1.83. The van der Waals surface area contributed by atoms with Gasteiger partial charge in [0.05, 0.1) is 17.9 Å². The van der Waals surface area contributed by atoms with Crippen LogP contribution in [0.4, 0.5) is 4.39 Å². The van der Waals surface area contributed by atoms with Crippen LogP contribution in [0.5, 0.6) is 0 Å². The van der Waals surface area contributed by atoms with Crippen molar-refractivity contribution in [2.24, 2.45) is 7.05 Å². The summed E-state index contributed by atoms with van der Waals surface area (Å²) < 4.78 is 16.9. The number of nitrogens with one attached hydrogen (secondary N) is 1. The SMILES string of the molecule is CC(NC(=O)c1csc2nc(-c3cccc(F)c3)cn12)c1cnn(C)c1. The quantitative estimate of drug-likeness (QED) is 0.599. The molecule has 0 aliphatic heterocycles. The van der Waals surface area contributed by atoms with Crippen molar-refractivity contribution in [1.82, 2.24) is 24.5 Å². The molecule has 1 unspecified atom stereocenters. The number of benzene rings is 1. The van der Waals surface area contributed by atoms with Crippen LogP contribution in [-0.2, 0) is 7.05 Å². The molecule has 1 amide bonds. The van der Waals surface area contributed by atoms with Crippen LogP contribution in [0.25, 0.3) is 16.2 Å². The minimum atomic E-state index is -0.317. The van der Waals surface area contributed by atoms with Crippen LogP contribution in [-0.4, -0.2) is 25.1 Å². The molecule has 0 saturated heterocycles. The third kappa shape index (κ3) is 2.99. The second kappa shape index (κ2) is 6.38. The summed E-state index contributed by atoms with van der Waals surface area (Å²) >= 11 is 1.37. The molecule has 1 N–H and O–H groups in total. The van der Waals surface area contributed by atoms with Gasteiger partial charge in [-0.3, -0.25) is 13.9 Å². The van der Waals surface area contributed by atoms with Crippen LogP contribution < -0.4 is 5.32 Å². The monoisotopic (exact) mass is 369 g/mol. The van der Waals surface area contributed by atoms with Crippen molar-refractivity contribution in [3.63, 3.8) is 0 Å². The molecular formula is C18H16FN5OS. The minimum Gasteiger partial charge on any atom is -0.344 e. The Hall–Kier alpha value is -3.00. The zero-order valence-electron chi connectivity index (χ0n) is 14.2. The molecule has 0 fully saturated rings. The third-order valence-electron chi connectivity index (χ3n) is 4.13. The van der Waals surface area contributed by atoms with Crippen molar-refractivity contribution in [3.8, 4) is 11.3 Å². The number of thiazole rings is 1. The van der Waals surface area contributed by atoms with Crippen molar-refractivity contribution >= 4 is 22.2 Å². The molecule has 0 spiro atoms. The fraction of sp³-hybridized carbons (Fsp3) is 0.167. The molecular weight excluding hydrogens is 353 g/mol. The van der Waals surface area contributed by atoms with Crippen LogP contribution in [0.2, 0.25) is 0 Å². The third-order valence-corrected chi connectivity index (χ3v) is 4.97. The lowest BCUT2D eigenvalue weighted by Crippen LogP contribution is -2.27. The standard InChI is InChI=1S/C18H16FN5OS/c1-11(13-7-20-23(2)8-13)21-17(25)16-10-26-18-22-15(9-24(16)18)12-4-3-5-14(19)6-12/h3-11H,1-2H3,(H,21,25). The Morgan fingerprint density at radius 2 is 2.19 bits per heavy atom. The molecule has 0 bridgehead atoms. The van der Waals surface area contributed by atoms with Gasteiger partial charge in [-0.05, 0) is 19.1 Å². The summed E-state index contributed by atoms with van der Waals surface area (Å²) in [6, 6.07) is 6.08. The zero-order valence-corrected chi connectivity index (χ0v) is 15.0. The summed E-state index contributed by atoms with van der Waals surface area (Å²) in [4.78, 5) is 17.8. The van der Waals surface area contributed by atoms with E-state index in [9.17, 15) is 9.18 Å². The number of amides is 1. The van der Waals surface area contributed by atoms with E-state index in [-0.39, 0.29) is 17.8 Å². The predicted molar refractivity (Wildman–Crippen MR) is 97.6 cm³/mol. The first-order valence-electron chi connectivity index (χ1n) is 8.03. The number of fused-ring (bicyclic) bond motifs is 1. The number of halogens is 1.